The number of benzene rings is 2. The van der Waals surface area contributed by atoms with Gasteiger partial charge < -0.3 is 25.2 Å². The van der Waals surface area contributed by atoms with Crippen LogP contribution in [0, 0.1) is 0 Å². The number of carboxylic acid groups (broad SMARTS) is 1. The highest BCUT2D eigenvalue weighted by Gasteiger charge is 2.40. The van der Waals surface area contributed by atoms with Gasteiger partial charge in [0.15, 0.2) is 0 Å². The molecule has 2 aromatic rings. The van der Waals surface area contributed by atoms with Crippen molar-refractivity contribution in [3.8, 4) is 11.1 Å². The highest BCUT2D eigenvalue weighted by atomic mass is 16.5. The fourth-order valence-electron chi connectivity index (χ4n) is 4.69. The van der Waals surface area contributed by atoms with E-state index >= 15 is 0 Å². The number of carbonyl (C=O) groups excluding carboxylic acids is 2. The number of carboxylic acids is 1. The van der Waals surface area contributed by atoms with Gasteiger partial charge in [0.25, 0.3) is 0 Å². The highest BCUT2D eigenvalue weighted by Crippen LogP contribution is 2.44. The summed E-state index contributed by atoms with van der Waals surface area (Å²) in [5.41, 5.74) is 3.04. The zero-order valence-electron chi connectivity index (χ0n) is 20.5. The molecule has 2 aromatic carbocycles. The van der Waals surface area contributed by atoms with Gasteiger partial charge in [0, 0.05) is 19.1 Å². The number of fused-ring (bicyclic) bond motifs is 3. The Hall–Kier alpha value is -3.39. The van der Waals surface area contributed by atoms with Crippen molar-refractivity contribution in [2.75, 3.05) is 20.3 Å². The summed E-state index contributed by atoms with van der Waals surface area (Å²) in [7, 11) is 1.44. The number of methoxy groups -OCH3 is 1. The Kier molecular flexibility index (Phi) is 8.87. The summed E-state index contributed by atoms with van der Waals surface area (Å²) in [5, 5.41) is 14.7. The molecule has 0 heterocycles. The quantitative estimate of drug-likeness (QED) is 0.420. The number of hydrogen-bond acceptors (Lipinski definition) is 5. The van der Waals surface area contributed by atoms with Crippen LogP contribution in [0.15, 0.2) is 48.5 Å². The Labute approximate surface area is 206 Å². The molecule has 0 aromatic heterocycles. The highest BCUT2D eigenvalue weighted by molar-refractivity contribution is 5.90. The maximum atomic E-state index is 13.2. The predicted molar refractivity (Wildman–Crippen MR) is 132 cm³/mol. The lowest BCUT2D eigenvalue weighted by Crippen LogP contribution is -2.62. The number of alkyl carbamates (subject to hydrolysis) is 1. The molecule has 0 aliphatic heterocycles. The fourth-order valence-corrected chi connectivity index (χ4v) is 4.69. The zero-order chi connectivity index (χ0) is 25.4. The average Bonchev–Trinajstić information content (AvgIpc) is 3.16. The van der Waals surface area contributed by atoms with Gasteiger partial charge in [0.1, 0.15) is 12.1 Å². The van der Waals surface area contributed by atoms with Gasteiger partial charge in [0.05, 0.1) is 13.0 Å². The minimum Gasteiger partial charge on any atom is -0.481 e. The second kappa shape index (κ2) is 11.8. The van der Waals surface area contributed by atoms with Gasteiger partial charge in [-0.15, -0.1) is 0 Å². The standard InChI is InChI=1S/C27H34N2O6/c1-4-10-18(15-24(30)31)28-25(32)27(5-2,17-34-3)29-26(33)35-16-23-21-13-8-6-11-19(21)20-12-7-9-14-22(20)23/h6-9,11-14,18,23H,4-5,10,15-17H2,1-3H3,(H,28,32)(H,29,33)(H,30,31)/t18-,27?/m1/s1. The van der Waals surface area contributed by atoms with Crippen molar-refractivity contribution in [3.63, 3.8) is 0 Å². The summed E-state index contributed by atoms with van der Waals surface area (Å²) in [6.07, 6.45) is 0.531. The Morgan fingerprint density at radius 3 is 2.14 bits per heavy atom. The van der Waals surface area contributed by atoms with Crippen molar-refractivity contribution < 1.29 is 29.0 Å². The second-order valence-electron chi connectivity index (χ2n) is 8.88. The van der Waals surface area contributed by atoms with E-state index in [2.05, 4.69) is 22.8 Å². The Morgan fingerprint density at radius 2 is 1.63 bits per heavy atom. The molecule has 0 fully saturated rings. The number of carbonyl (C=O) groups is 3. The molecule has 1 aliphatic carbocycles. The third kappa shape index (κ3) is 6.00. The van der Waals surface area contributed by atoms with Crippen LogP contribution in [0.5, 0.6) is 0 Å². The smallest absolute Gasteiger partial charge is 0.408 e. The Balaban J connectivity index is 1.72. The maximum Gasteiger partial charge on any atom is 0.408 e. The predicted octanol–water partition coefficient (Wildman–Crippen LogP) is 4.08. The van der Waals surface area contributed by atoms with Crippen LogP contribution in [0.2, 0.25) is 0 Å². The van der Waals surface area contributed by atoms with Crippen LogP contribution in [-0.4, -0.2) is 55.0 Å². The monoisotopic (exact) mass is 482 g/mol. The molecule has 8 heteroatoms. The largest absolute Gasteiger partial charge is 0.481 e. The normalized spacial score (nSPS) is 14.8. The molecule has 2 amide bonds. The first-order valence-corrected chi connectivity index (χ1v) is 12.0. The van der Waals surface area contributed by atoms with Crippen LogP contribution in [0.3, 0.4) is 0 Å². The molecule has 0 saturated heterocycles. The molecule has 3 N–H and O–H groups in total. The van der Waals surface area contributed by atoms with E-state index in [9.17, 15) is 19.5 Å². The molecule has 188 valence electrons. The van der Waals surface area contributed by atoms with Crippen molar-refractivity contribution in [1.29, 1.82) is 0 Å². The van der Waals surface area contributed by atoms with Crippen LogP contribution in [0.1, 0.15) is 56.6 Å². The molecular weight excluding hydrogens is 448 g/mol. The maximum absolute atomic E-state index is 13.2. The molecular formula is C27H34N2O6. The van der Waals surface area contributed by atoms with E-state index in [1.165, 1.54) is 7.11 Å². The third-order valence-electron chi connectivity index (χ3n) is 6.51. The van der Waals surface area contributed by atoms with Crippen molar-refractivity contribution >= 4 is 18.0 Å². The van der Waals surface area contributed by atoms with E-state index in [-0.39, 0.29) is 32.0 Å². The second-order valence-corrected chi connectivity index (χ2v) is 8.88. The number of aliphatic carboxylic acids is 1. The molecule has 1 unspecified atom stereocenters. The topological polar surface area (TPSA) is 114 Å². The molecule has 8 nitrogen and oxygen atoms in total. The van der Waals surface area contributed by atoms with Gasteiger partial charge in [0.2, 0.25) is 5.91 Å². The number of rotatable bonds is 12. The number of amides is 2. The van der Waals surface area contributed by atoms with E-state index in [0.29, 0.717) is 12.8 Å². The van der Waals surface area contributed by atoms with Crippen molar-refractivity contribution in [2.45, 2.75) is 57.0 Å². The van der Waals surface area contributed by atoms with Crippen LogP contribution in [0.4, 0.5) is 4.79 Å². The molecule has 0 radical (unpaired) electrons. The summed E-state index contributed by atoms with van der Waals surface area (Å²) in [4.78, 5) is 37.3. The first-order valence-electron chi connectivity index (χ1n) is 12.0. The summed E-state index contributed by atoms with van der Waals surface area (Å²) >= 11 is 0. The van der Waals surface area contributed by atoms with Gasteiger partial charge in [-0.1, -0.05) is 68.8 Å². The lowest BCUT2D eigenvalue weighted by Gasteiger charge is -2.33. The third-order valence-corrected chi connectivity index (χ3v) is 6.51. The Bertz CT molecular complexity index is 1010. The minimum absolute atomic E-state index is 0.0779. The van der Waals surface area contributed by atoms with Crippen molar-refractivity contribution in [3.05, 3.63) is 59.7 Å². The zero-order valence-corrected chi connectivity index (χ0v) is 20.5. The minimum atomic E-state index is -1.39. The van der Waals surface area contributed by atoms with Gasteiger partial charge in [-0.25, -0.2) is 4.79 Å². The van der Waals surface area contributed by atoms with E-state index in [1.807, 2.05) is 43.3 Å². The average molecular weight is 483 g/mol. The summed E-state index contributed by atoms with van der Waals surface area (Å²) < 4.78 is 10.9. The summed E-state index contributed by atoms with van der Waals surface area (Å²) in [6.45, 7) is 3.71. The first-order chi connectivity index (χ1) is 16.8. The lowest BCUT2D eigenvalue weighted by atomic mass is 9.94. The Morgan fingerprint density at radius 1 is 1.03 bits per heavy atom. The van der Waals surface area contributed by atoms with Gasteiger partial charge >= 0.3 is 12.1 Å². The molecule has 0 bridgehead atoms. The fraction of sp³-hybridized carbons (Fsp3) is 0.444. The van der Waals surface area contributed by atoms with E-state index in [4.69, 9.17) is 9.47 Å². The molecule has 3 rings (SSSR count). The molecule has 0 saturated carbocycles. The van der Waals surface area contributed by atoms with E-state index < -0.39 is 29.6 Å². The molecule has 2 atom stereocenters. The number of hydrogen-bond donors (Lipinski definition) is 3. The van der Waals surface area contributed by atoms with E-state index in [0.717, 1.165) is 22.3 Å². The van der Waals surface area contributed by atoms with E-state index in [1.54, 1.807) is 6.92 Å². The number of ether oxygens (including phenoxy) is 2. The molecule has 0 spiro atoms. The van der Waals surface area contributed by atoms with Crippen LogP contribution in [-0.2, 0) is 19.1 Å². The number of nitrogens with one attached hydrogen (secondary N) is 2. The van der Waals surface area contributed by atoms with Gasteiger partial charge in [-0.05, 0) is 35.1 Å². The first kappa shape index (κ1) is 26.2. The SMILES string of the molecule is CCC[C@H](CC(=O)O)NC(=O)C(CC)(COC)NC(=O)OCC1c2ccccc2-c2ccccc21. The van der Waals surface area contributed by atoms with Crippen molar-refractivity contribution in [2.24, 2.45) is 0 Å². The summed E-state index contributed by atoms with van der Waals surface area (Å²) in [6, 6.07) is 15.5. The molecule has 1 aliphatic rings. The van der Waals surface area contributed by atoms with Gasteiger partial charge in [-0.2, -0.15) is 0 Å². The van der Waals surface area contributed by atoms with Crippen LogP contribution < -0.4 is 10.6 Å². The lowest BCUT2D eigenvalue weighted by molar-refractivity contribution is -0.138. The molecule has 35 heavy (non-hydrogen) atoms. The van der Waals surface area contributed by atoms with Crippen LogP contribution >= 0.6 is 0 Å². The van der Waals surface area contributed by atoms with Crippen molar-refractivity contribution in [1.82, 2.24) is 10.6 Å². The van der Waals surface area contributed by atoms with Crippen LogP contribution in [0.25, 0.3) is 11.1 Å². The van der Waals surface area contributed by atoms with Gasteiger partial charge in [-0.3, -0.25) is 9.59 Å². The summed E-state index contributed by atoms with van der Waals surface area (Å²) in [5.74, 6) is -1.60.